The van der Waals surface area contributed by atoms with Gasteiger partial charge in [-0.2, -0.15) is 4.31 Å². The van der Waals surface area contributed by atoms with Crippen molar-refractivity contribution in [1.29, 1.82) is 0 Å². The number of ether oxygens (including phenoxy) is 1. The second kappa shape index (κ2) is 9.30. The molecule has 1 fully saturated rings. The Labute approximate surface area is 196 Å². The zero-order chi connectivity index (χ0) is 22.8. The van der Waals surface area contributed by atoms with E-state index in [9.17, 15) is 8.42 Å². The lowest BCUT2D eigenvalue weighted by Gasteiger charge is -2.26. The van der Waals surface area contributed by atoms with E-state index in [0.717, 1.165) is 34.2 Å². The fraction of sp³-hybridized carbons (Fsp3) is 0.304. The third-order valence-electron chi connectivity index (χ3n) is 5.58. The summed E-state index contributed by atoms with van der Waals surface area (Å²) in [7, 11) is -3.57. The van der Waals surface area contributed by atoms with Gasteiger partial charge in [0.1, 0.15) is 0 Å². The molecule has 8 nitrogen and oxygen atoms in total. The third kappa shape index (κ3) is 4.43. The highest BCUT2D eigenvalue weighted by atomic mass is 32.2. The fourth-order valence-electron chi connectivity index (χ4n) is 3.86. The summed E-state index contributed by atoms with van der Waals surface area (Å²) in [5.41, 5.74) is 3.38. The summed E-state index contributed by atoms with van der Waals surface area (Å²) in [5.74, 6) is 1.33. The van der Waals surface area contributed by atoms with Crippen LogP contribution < -0.4 is 0 Å². The van der Waals surface area contributed by atoms with Crippen LogP contribution in [0.2, 0.25) is 0 Å². The Balaban J connectivity index is 1.38. The van der Waals surface area contributed by atoms with E-state index in [2.05, 4.69) is 9.72 Å². The van der Waals surface area contributed by atoms with E-state index in [4.69, 9.17) is 14.2 Å². The van der Waals surface area contributed by atoms with Crippen LogP contribution in [0.25, 0.3) is 22.4 Å². The molecule has 0 saturated carbocycles. The maximum atomic E-state index is 13.0. The maximum Gasteiger partial charge on any atom is 0.243 e. The minimum atomic E-state index is -3.57. The zero-order valence-electron chi connectivity index (χ0n) is 18.2. The molecule has 0 bridgehead atoms. The molecule has 0 aliphatic carbocycles. The van der Waals surface area contributed by atoms with E-state index in [0.29, 0.717) is 37.6 Å². The van der Waals surface area contributed by atoms with Crippen LogP contribution in [0.3, 0.4) is 0 Å². The molecule has 3 heterocycles. The number of imidazole rings is 1. The van der Waals surface area contributed by atoms with Gasteiger partial charge in [-0.05, 0) is 25.1 Å². The normalized spacial score (nSPS) is 15.3. The molecule has 0 amide bonds. The maximum absolute atomic E-state index is 13.0. The van der Waals surface area contributed by atoms with Crippen LogP contribution in [-0.2, 0) is 27.1 Å². The van der Waals surface area contributed by atoms with Crippen LogP contribution in [-0.4, -0.2) is 53.7 Å². The minimum absolute atomic E-state index is 0.262. The van der Waals surface area contributed by atoms with E-state index < -0.39 is 10.0 Å². The lowest BCUT2D eigenvalue weighted by Crippen LogP contribution is -2.40. The molecule has 172 valence electrons. The van der Waals surface area contributed by atoms with Crippen molar-refractivity contribution in [3.05, 3.63) is 60.3 Å². The van der Waals surface area contributed by atoms with Crippen molar-refractivity contribution < 1.29 is 17.7 Å². The quantitative estimate of drug-likeness (QED) is 0.366. The molecule has 1 aliphatic rings. The fourth-order valence-corrected chi connectivity index (χ4v) is 6.24. The molecule has 0 atom stereocenters. The number of fused-ring (bicyclic) bond motifs is 1. The van der Waals surface area contributed by atoms with Gasteiger partial charge in [0.15, 0.2) is 10.9 Å². The SMILES string of the molecule is CCn1c(SCc2cc(-c3ccccc3)on2)nc2cc(S(=O)(=O)N3CCOCC3)ccc21. The van der Waals surface area contributed by atoms with E-state index in [-0.39, 0.29) is 4.90 Å². The van der Waals surface area contributed by atoms with Gasteiger partial charge in [-0.25, -0.2) is 13.4 Å². The van der Waals surface area contributed by atoms with Crippen molar-refractivity contribution >= 4 is 32.8 Å². The number of nitrogens with zero attached hydrogens (tertiary/aromatic N) is 4. The Morgan fingerprint density at radius 3 is 2.61 bits per heavy atom. The summed E-state index contributed by atoms with van der Waals surface area (Å²) in [6.45, 7) is 4.35. The summed E-state index contributed by atoms with van der Waals surface area (Å²) in [6.07, 6.45) is 0. The second-order valence-corrected chi connectivity index (χ2v) is 10.5. The Hall–Kier alpha value is -2.66. The standard InChI is InChI=1S/C23H24N4O4S2/c1-2-27-21-9-8-19(33(28,29)26-10-12-30-13-11-26)15-20(21)24-23(27)32-16-18-14-22(31-25-18)17-6-4-3-5-7-17/h3-9,14-15H,2,10-13,16H2,1H3. The van der Waals surface area contributed by atoms with Crippen molar-refractivity contribution in [3.63, 3.8) is 0 Å². The number of sulfonamides is 1. The Kier molecular flexibility index (Phi) is 6.24. The lowest BCUT2D eigenvalue weighted by molar-refractivity contribution is 0.0730. The van der Waals surface area contributed by atoms with Crippen molar-refractivity contribution in [1.82, 2.24) is 19.0 Å². The number of hydrogen-bond donors (Lipinski definition) is 0. The molecule has 33 heavy (non-hydrogen) atoms. The van der Waals surface area contributed by atoms with Gasteiger partial charge in [0.2, 0.25) is 10.0 Å². The average molecular weight is 485 g/mol. The highest BCUT2D eigenvalue weighted by molar-refractivity contribution is 7.98. The van der Waals surface area contributed by atoms with Crippen LogP contribution in [0.15, 0.2) is 69.2 Å². The van der Waals surface area contributed by atoms with Crippen LogP contribution in [0, 0.1) is 0 Å². The Bertz CT molecular complexity index is 1360. The highest BCUT2D eigenvalue weighted by Crippen LogP contribution is 2.30. The molecule has 0 radical (unpaired) electrons. The summed E-state index contributed by atoms with van der Waals surface area (Å²) >= 11 is 1.55. The molecule has 1 saturated heterocycles. The van der Waals surface area contributed by atoms with Gasteiger partial charge in [-0.15, -0.1) is 0 Å². The van der Waals surface area contributed by atoms with Gasteiger partial charge in [0.05, 0.1) is 34.8 Å². The largest absolute Gasteiger partial charge is 0.379 e. The lowest BCUT2D eigenvalue weighted by atomic mass is 10.2. The number of thioether (sulfide) groups is 1. The zero-order valence-corrected chi connectivity index (χ0v) is 19.8. The van der Waals surface area contributed by atoms with E-state index in [1.165, 1.54) is 4.31 Å². The first kappa shape index (κ1) is 22.1. The summed E-state index contributed by atoms with van der Waals surface area (Å²) in [6, 6.07) is 17.0. The average Bonchev–Trinajstić information content (AvgIpc) is 3.47. The molecule has 0 N–H and O–H groups in total. The van der Waals surface area contributed by atoms with Gasteiger partial charge in [-0.1, -0.05) is 47.3 Å². The van der Waals surface area contributed by atoms with E-state index in [1.54, 1.807) is 23.9 Å². The first-order chi connectivity index (χ1) is 16.1. The number of rotatable bonds is 7. The predicted molar refractivity (Wildman–Crippen MR) is 126 cm³/mol. The Morgan fingerprint density at radius 2 is 1.85 bits per heavy atom. The molecule has 1 aliphatic heterocycles. The van der Waals surface area contributed by atoms with Crippen molar-refractivity contribution in [3.8, 4) is 11.3 Å². The molecular weight excluding hydrogens is 460 g/mol. The topological polar surface area (TPSA) is 90.5 Å². The molecule has 0 spiro atoms. The van der Waals surface area contributed by atoms with Crippen LogP contribution in [0.5, 0.6) is 0 Å². The predicted octanol–water partition coefficient (Wildman–Crippen LogP) is 4.02. The van der Waals surface area contributed by atoms with E-state index >= 15 is 0 Å². The first-order valence-corrected chi connectivity index (χ1v) is 13.2. The highest BCUT2D eigenvalue weighted by Gasteiger charge is 2.27. The van der Waals surface area contributed by atoms with Crippen molar-refractivity contribution in [2.45, 2.75) is 29.3 Å². The monoisotopic (exact) mass is 484 g/mol. The van der Waals surface area contributed by atoms with Gasteiger partial charge in [-0.3, -0.25) is 0 Å². The summed E-state index contributed by atoms with van der Waals surface area (Å²) < 4.78 is 40.4. The van der Waals surface area contributed by atoms with Crippen molar-refractivity contribution in [2.24, 2.45) is 0 Å². The van der Waals surface area contributed by atoms with Crippen molar-refractivity contribution in [2.75, 3.05) is 26.3 Å². The molecule has 10 heteroatoms. The molecular formula is C23H24N4O4S2. The molecule has 2 aromatic heterocycles. The van der Waals surface area contributed by atoms with Gasteiger partial charge in [0, 0.05) is 37.0 Å². The number of aryl methyl sites for hydroxylation is 1. The van der Waals surface area contributed by atoms with Gasteiger partial charge in [0.25, 0.3) is 0 Å². The van der Waals surface area contributed by atoms with Crippen LogP contribution in [0.4, 0.5) is 0 Å². The first-order valence-electron chi connectivity index (χ1n) is 10.8. The summed E-state index contributed by atoms with van der Waals surface area (Å²) in [5, 5.41) is 5.00. The smallest absolute Gasteiger partial charge is 0.243 e. The van der Waals surface area contributed by atoms with E-state index in [1.807, 2.05) is 49.4 Å². The number of benzene rings is 2. The molecule has 4 aromatic rings. The summed E-state index contributed by atoms with van der Waals surface area (Å²) in [4.78, 5) is 5.00. The van der Waals surface area contributed by atoms with Gasteiger partial charge >= 0.3 is 0 Å². The minimum Gasteiger partial charge on any atom is -0.379 e. The molecule has 0 unspecified atom stereocenters. The molecule has 5 rings (SSSR count). The van der Waals surface area contributed by atoms with Crippen LogP contribution >= 0.6 is 11.8 Å². The number of hydrogen-bond acceptors (Lipinski definition) is 7. The molecule has 2 aromatic carbocycles. The second-order valence-electron chi connectivity index (χ2n) is 7.64. The Morgan fingerprint density at radius 1 is 1.06 bits per heavy atom. The van der Waals surface area contributed by atoms with Gasteiger partial charge < -0.3 is 13.8 Å². The number of aromatic nitrogens is 3. The third-order valence-corrected chi connectivity index (χ3v) is 8.48. The number of morpholine rings is 1. The van der Waals surface area contributed by atoms with Crippen LogP contribution in [0.1, 0.15) is 12.6 Å².